The zero-order valence-electron chi connectivity index (χ0n) is 16.9. The molecule has 0 radical (unpaired) electrons. The third-order valence-corrected chi connectivity index (χ3v) is 4.76. The highest BCUT2D eigenvalue weighted by Gasteiger charge is 2.05. The Labute approximate surface area is 182 Å². The molecule has 0 atom stereocenters. The molecule has 0 saturated heterocycles. The molecule has 3 rings (SSSR count). The van der Waals surface area contributed by atoms with Crippen molar-refractivity contribution in [3.8, 4) is 11.5 Å². The van der Waals surface area contributed by atoms with Gasteiger partial charge in [-0.3, -0.25) is 4.79 Å². The number of anilines is 2. The first-order valence-electron chi connectivity index (χ1n) is 9.78. The third-order valence-electron chi connectivity index (χ3n) is 4.46. The Morgan fingerprint density at radius 1 is 0.967 bits per heavy atom. The molecule has 0 spiro atoms. The number of nitrogens with one attached hydrogen (secondary N) is 2. The van der Waals surface area contributed by atoms with Gasteiger partial charge in [0.15, 0.2) is 0 Å². The molecule has 0 heterocycles. The van der Waals surface area contributed by atoms with Crippen LogP contribution < -0.4 is 20.1 Å². The number of carbonyl (C=O) groups excluding carboxylic acids is 1. The molecule has 0 bridgehead atoms. The van der Waals surface area contributed by atoms with Crippen LogP contribution >= 0.6 is 11.6 Å². The highest BCUT2D eigenvalue weighted by molar-refractivity contribution is 6.32. The van der Waals surface area contributed by atoms with E-state index in [2.05, 4.69) is 22.8 Å². The fourth-order valence-electron chi connectivity index (χ4n) is 2.91. The maximum Gasteiger partial charge on any atom is 0.243 e. The molecular formula is C24H25ClN2O3. The number of rotatable bonds is 10. The maximum absolute atomic E-state index is 12.2. The lowest BCUT2D eigenvalue weighted by Gasteiger charge is -2.10. The quantitative estimate of drug-likeness (QED) is 0.427. The Hall–Kier alpha value is -3.18. The van der Waals surface area contributed by atoms with E-state index < -0.39 is 0 Å². The number of benzene rings is 3. The smallest absolute Gasteiger partial charge is 0.243 e. The number of hydrogen-bond donors (Lipinski definition) is 2. The molecule has 156 valence electrons. The van der Waals surface area contributed by atoms with Crippen LogP contribution in [0.4, 0.5) is 11.4 Å². The average Bonchev–Trinajstić information content (AvgIpc) is 2.77. The van der Waals surface area contributed by atoms with Crippen molar-refractivity contribution in [3.05, 3.63) is 83.4 Å². The maximum atomic E-state index is 12.2. The van der Waals surface area contributed by atoms with Crippen molar-refractivity contribution in [3.63, 3.8) is 0 Å². The van der Waals surface area contributed by atoms with E-state index in [1.807, 2.05) is 48.5 Å². The lowest BCUT2D eigenvalue weighted by atomic mass is 10.1. The van der Waals surface area contributed by atoms with Gasteiger partial charge < -0.3 is 20.1 Å². The van der Waals surface area contributed by atoms with Crippen molar-refractivity contribution in [2.24, 2.45) is 0 Å². The highest BCUT2D eigenvalue weighted by atomic mass is 35.5. The van der Waals surface area contributed by atoms with Crippen LogP contribution in [0.3, 0.4) is 0 Å². The lowest BCUT2D eigenvalue weighted by molar-refractivity contribution is -0.114. The molecule has 3 aromatic carbocycles. The summed E-state index contributed by atoms with van der Waals surface area (Å²) in [7, 11) is 1.56. The first kappa shape index (κ1) is 21.5. The van der Waals surface area contributed by atoms with Crippen LogP contribution in [0.2, 0.25) is 5.02 Å². The molecule has 0 aliphatic carbocycles. The predicted octanol–water partition coefficient (Wildman–Crippen LogP) is 5.41. The normalized spacial score (nSPS) is 10.3. The largest absolute Gasteiger partial charge is 0.495 e. The molecule has 3 aromatic rings. The SMILES string of the molecule is COc1ccc(NCC(=O)Nc2ccc(OCCCc3ccccc3)cc2)cc1Cl. The topological polar surface area (TPSA) is 59.6 Å². The summed E-state index contributed by atoms with van der Waals surface area (Å²) in [4.78, 5) is 12.2. The van der Waals surface area contributed by atoms with E-state index in [0.29, 0.717) is 23.1 Å². The molecule has 2 N–H and O–H groups in total. The highest BCUT2D eigenvalue weighted by Crippen LogP contribution is 2.27. The first-order valence-corrected chi connectivity index (χ1v) is 10.2. The number of amides is 1. The Bertz CT molecular complexity index is 946. The van der Waals surface area contributed by atoms with Crippen LogP contribution in [0, 0.1) is 0 Å². The van der Waals surface area contributed by atoms with E-state index >= 15 is 0 Å². The molecule has 0 fully saturated rings. The number of carbonyl (C=O) groups is 1. The molecular weight excluding hydrogens is 400 g/mol. The van der Waals surface area contributed by atoms with Crippen LogP contribution in [-0.4, -0.2) is 26.2 Å². The molecule has 0 unspecified atom stereocenters. The van der Waals surface area contributed by atoms with Crippen molar-refractivity contribution >= 4 is 28.9 Å². The zero-order valence-corrected chi connectivity index (χ0v) is 17.6. The van der Waals surface area contributed by atoms with Gasteiger partial charge in [0.05, 0.1) is 25.3 Å². The Morgan fingerprint density at radius 3 is 2.40 bits per heavy atom. The minimum absolute atomic E-state index is 0.125. The Balaban J connectivity index is 1.39. The molecule has 1 amide bonds. The van der Waals surface area contributed by atoms with E-state index in [1.165, 1.54) is 5.56 Å². The fourth-order valence-corrected chi connectivity index (χ4v) is 3.17. The van der Waals surface area contributed by atoms with Gasteiger partial charge in [-0.15, -0.1) is 0 Å². The van der Waals surface area contributed by atoms with Crippen molar-refractivity contribution in [1.82, 2.24) is 0 Å². The summed E-state index contributed by atoms with van der Waals surface area (Å²) in [5.74, 6) is 1.22. The van der Waals surface area contributed by atoms with Gasteiger partial charge in [0.2, 0.25) is 5.91 Å². The first-order chi connectivity index (χ1) is 14.6. The van der Waals surface area contributed by atoms with Gasteiger partial charge in [-0.25, -0.2) is 0 Å². The number of ether oxygens (including phenoxy) is 2. The summed E-state index contributed by atoms with van der Waals surface area (Å²) in [5, 5.41) is 6.38. The van der Waals surface area contributed by atoms with Gasteiger partial charge in [-0.05, 0) is 60.9 Å². The molecule has 5 nitrogen and oxygen atoms in total. The second-order valence-electron chi connectivity index (χ2n) is 6.71. The van der Waals surface area contributed by atoms with Gasteiger partial charge in [0, 0.05) is 11.4 Å². The summed E-state index contributed by atoms with van der Waals surface area (Å²) >= 11 is 6.09. The van der Waals surface area contributed by atoms with Crippen molar-refractivity contribution in [1.29, 1.82) is 0 Å². The van der Waals surface area contributed by atoms with Crippen LogP contribution in [-0.2, 0) is 11.2 Å². The molecule has 6 heteroatoms. The van der Waals surface area contributed by atoms with Gasteiger partial charge in [0.1, 0.15) is 11.5 Å². The predicted molar refractivity (Wildman–Crippen MR) is 122 cm³/mol. The monoisotopic (exact) mass is 424 g/mol. The van der Waals surface area contributed by atoms with Gasteiger partial charge in [0.25, 0.3) is 0 Å². The molecule has 30 heavy (non-hydrogen) atoms. The number of aryl methyl sites for hydroxylation is 1. The average molecular weight is 425 g/mol. The summed E-state index contributed by atoms with van der Waals surface area (Å²) in [6, 6.07) is 23.0. The lowest BCUT2D eigenvalue weighted by Crippen LogP contribution is -2.21. The van der Waals surface area contributed by atoms with Gasteiger partial charge in [-0.1, -0.05) is 41.9 Å². The summed E-state index contributed by atoms with van der Waals surface area (Å²) in [6.45, 7) is 0.773. The second kappa shape index (κ2) is 11.1. The summed E-state index contributed by atoms with van der Waals surface area (Å²) in [6.07, 6.45) is 1.94. The van der Waals surface area contributed by atoms with E-state index in [9.17, 15) is 4.79 Å². The molecule has 0 aliphatic heterocycles. The van der Waals surface area contributed by atoms with Gasteiger partial charge >= 0.3 is 0 Å². The van der Waals surface area contributed by atoms with Crippen LogP contribution in [0.5, 0.6) is 11.5 Å². The van der Waals surface area contributed by atoms with E-state index in [0.717, 1.165) is 24.3 Å². The van der Waals surface area contributed by atoms with Crippen molar-refractivity contribution < 1.29 is 14.3 Å². The Morgan fingerprint density at radius 2 is 1.70 bits per heavy atom. The van der Waals surface area contributed by atoms with E-state index in [1.54, 1.807) is 19.2 Å². The van der Waals surface area contributed by atoms with E-state index in [-0.39, 0.29) is 12.5 Å². The summed E-state index contributed by atoms with van der Waals surface area (Å²) < 4.78 is 10.9. The minimum Gasteiger partial charge on any atom is -0.495 e. The number of halogens is 1. The van der Waals surface area contributed by atoms with Crippen molar-refractivity contribution in [2.45, 2.75) is 12.8 Å². The van der Waals surface area contributed by atoms with Crippen molar-refractivity contribution in [2.75, 3.05) is 30.9 Å². The molecule has 0 aromatic heterocycles. The standard InChI is InChI=1S/C24H25ClN2O3/c1-29-23-14-11-20(16-22(23)25)26-17-24(28)27-19-9-12-21(13-10-19)30-15-5-8-18-6-3-2-4-7-18/h2-4,6-7,9-14,16,26H,5,8,15,17H2,1H3,(H,27,28). The molecule has 0 aliphatic rings. The fraction of sp³-hybridized carbons (Fsp3) is 0.208. The minimum atomic E-state index is -0.154. The Kier molecular flexibility index (Phi) is 7.98. The van der Waals surface area contributed by atoms with Crippen LogP contribution in [0.25, 0.3) is 0 Å². The van der Waals surface area contributed by atoms with E-state index in [4.69, 9.17) is 21.1 Å². The third kappa shape index (κ3) is 6.71. The van der Waals surface area contributed by atoms with Gasteiger partial charge in [-0.2, -0.15) is 0 Å². The van der Waals surface area contributed by atoms with Crippen LogP contribution in [0.15, 0.2) is 72.8 Å². The second-order valence-corrected chi connectivity index (χ2v) is 7.12. The molecule has 0 saturated carbocycles. The van der Waals surface area contributed by atoms with Crippen LogP contribution in [0.1, 0.15) is 12.0 Å². The summed E-state index contributed by atoms with van der Waals surface area (Å²) in [5.41, 5.74) is 2.77. The number of hydrogen-bond acceptors (Lipinski definition) is 4. The number of methoxy groups -OCH3 is 1. The zero-order chi connectivity index (χ0) is 21.2.